The highest BCUT2D eigenvalue weighted by molar-refractivity contribution is 6.59. The molecular formula is C40H31B2N2O4+2. The highest BCUT2D eigenvalue weighted by Crippen LogP contribution is 2.41. The first-order chi connectivity index (χ1) is 23.6. The summed E-state index contributed by atoms with van der Waals surface area (Å²) in [5, 5.41) is 34.3. The average Bonchev–Trinajstić information content (AvgIpc) is 3.13. The zero-order valence-electron chi connectivity index (χ0n) is 26.1. The minimum Gasteiger partial charge on any atom is -0.537 e. The molecule has 0 atom stereocenters. The van der Waals surface area contributed by atoms with E-state index in [0.717, 1.165) is 73.6 Å². The third kappa shape index (κ3) is 5.07. The second-order valence-electron chi connectivity index (χ2n) is 11.9. The minimum absolute atomic E-state index is 0.470. The van der Waals surface area contributed by atoms with E-state index in [1.165, 1.54) is 0 Å². The number of benzene rings is 6. The number of fused-ring (bicyclic) bond motifs is 4. The van der Waals surface area contributed by atoms with Gasteiger partial charge in [0.2, 0.25) is 22.1 Å². The van der Waals surface area contributed by atoms with Crippen molar-refractivity contribution < 1.29 is 28.9 Å². The Balaban J connectivity index is 1.45. The quantitative estimate of drug-likeness (QED) is 0.123. The van der Waals surface area contributed by atoms with Gasteiger partial charge in [-0.3, -0.25) is 0 Å². The van der Waals surface area contributed by atoms with Crippen LogP contribution in [0.15, 0.2) is 146 Å². The van der Waals surface area contributed by atoms with Crippen molar-refractivity contribution in [2.45, 2.75) is 13.1 Å². The van der Waals surface area contributed by atoms with Gasteiger partial charge in [0, 0.05) is 41.0 Å². The van der Waals surface area contributed by atoms with Crippen molar-refractivity contribution in [2.24, 2.45) is 0 Å². The number of hydrogen-bond acceptors (Lipinski definition) is 4. The number of para-hydroxylation sites is 5. The fourth-order valence-electron chi connectivity index (χ4n) is 7.19. The van der Waals surface area contributed by atoms with E-state index in [4.69, 9.17) is 4.65 Å². The van der Waals surface area contributed by atoms with Crippen LogP contribution in [0.1, 0.15) is 11.1 Å². The molecule has 48 heavy (non-hydrogen) atoms. The first kappa shape index (κ1) is 29.8. The Labute approximate surface area is 278 Å². The SMILES string of the molecule is O[B]Oc1ccccc1C[n+]1c2ccccc2c(-c2c3ccccc3[n+](Cc3ccccc3B(O)O)c3ccccc23)c2ccccc21. The second-order valence-corrected chi connectivity index (χ2v) is 11.9. The van der Waals surface area contributed by atoms with E-state index in [2.05, 4.69) is 106 Å². The molecule has 229 valence electrons. The van der Waals surface area contributed by atoms with Gasteiger partial charge in [0.15, 0.2) is 13.1 Å². The standard InChI is InChI=1S/C40H31B2N2O4/c45-41-48-38-24-12-2-14-28(38)26-44-36-22-10-5-17-31(36)40(32-18-6-11-23-37(32)44)39-29-15-3-8-20-34(29)43(35-21-9-4-16-30(35)39)25-27-13-1-7-19-33(27)42(46)47/h1-24,45-47H,25-26H2/q+2. The molecule has 2 aromatic heterocycles. The van der Waals surface area contributed by atoms with Crippen molar-refractivity contribution in [1.29, 1.82) is 0 Å². The minimum atomic E-state index is -1.56. The Bertz CT molecular complexity index is 2370. The molecule has 0 aliphatic rings. The fraction of sp³-hybridized carbons (Fsp3) is 0.0500. The average molecular weight is 625 g/mol. The predicted molar refractivity (Wildman–Crippen MR) is 192 cm³/mol. The number of nitrogens with zero attached hydrogens (tertiary/aromatic N) is 2. The summed E-state index contributed by atoms with van der Waals surface area (Å²) in [7, 11) is -0.835. The smallest absolute Gasteiger partial charge is 0.537 e. The molecule has 0 fully saturated rings. The van der Waals surface area contributed by atoms with E-state index in [-0.39, 0.29) is 0 Å². The molecule has 0 amide bonds. The molecule has 0 saturated carbocycles. The van der Waals surface area contributed by atoms with Crippen LogP contribution in [0.4, 0.5) is 0 Å². The van der Waals surface area contributed by atoms with Gasteiger partial charge in [0.25, 0.3) is 0 Å². The Morgan fingerprint density at radius 2 is 0.854 bits per heavy atom. The first-order valence-electron chi connectivity index (χ1n) is 16.0. The van der Waals surface area contributed by atoms with Gasteiger partial charge in [0.1, 0.15) is 5.75 Å². The molecule has 0 unspecified atom stereocenters. The summed E-state index contributed by atoms with van der Waals surface area (Å²) in [6, 6.07) is 49.2. The number of rotatable bonds is 8. The normalized spacial score (nSPS) is 11.4. The van der Waals surface area contributed by atoms with Crippen LogP contribution < -0.4 is 19.3 Å². The van der Waals surface area contributed by atoms with Crippen LogP contribution in [0.3, 0.4) is 0 Å². The molecule has 8 aromatic rings. The van der Waals surface area contributed by atoms with E-state index >= 15 is 0 Å². The summed E-state index contributed by atoms with van der Waals surface area (Å²) in [6.07, 6.45) is 0. The van der Waals surface area contributed by atoms with Crippen molar-refractivity contribution in [3.05, 3.63) is 157 Å². The Kier molecular flexibility index (Phi) is 7.82. The van der Waals surface area contributed by atoms with E-state index in [1.807, 2.05) is 42.5 Å². The lowest BCUT2D eigenvalue weighted by atomic mass is 9.77. The summed E-state index contributed by atoms with van der Waals surface area (Å²) in [4.78, 5) is 0. The topological polar surface area (TPSA) is 77.7 Å². The zero-order valence-corrected chi connectivity index (χ0v) is 26.1. The molecule has 3 N–H and O–H groups in total. The van der Waals surface area contributed by atoms with Crippen molar-refractivity contribution >= 4 is 63.9 Å². The summed E-state index contributed by atoms with van der Waals surface area (Å²) < 4.78 is 10.1. The molecule has 8 rings (SSSR count). The van der Waals surface area contributed by atoms with Gasteiger partial charge in [-0.05, 0) is 41.9 Å². The van der Waals surface area contributed by atoms with E-state index in [9.17, 15) is 15.1 Å². The van der Waals surface area contributed by atoms with E-state index < -0.39 is 7.12 Å². The van der Waals surface area contributed by atoms with Gasteiger partial charge in [-0.2, -0.15) is 9.13 Å². The maximum Gasteiger partial charge on any atom is 0.569 e. The van der Waals surface area contributed by atoms with Crippen LogP contribution in [0.2, 0.25) is 0 Å². The first-order valence-corrected chi connectivity index (χ1v) is 16.0. The predicted octanol–water partition coefficient (Wildman–Crippen LogP) is 5.22. The summed E-state index contributed by atoms with van der Waals surface area (Å²) >= 11 is 0. The van der Waals surface area contributed by atoms with Crippen molar-refractivity contribution in [3.8, 4) is 16.9 Å². The fourth-order valence-corrected chi connectivity index (χ4v) is 7.19. The van der Waals surface area contributed by atoms with Crippen LogP contribution in [-0.2, 0) is 13.1 Å². The number of aromatic nitrogens is 2. The van der Waals surface area contributed by atoms with Crippen molar-refractivity contribution in [2.75, 3.05) is 0 Å². The molecule has 6 nitrogen and oxygen atoms in total. The lowest BCUT2D eigenvalue weighted by molar-refractivity contribution is -0.636. The number of hydrogen-bond donors (Lipinski definition) is 3. The Hall–Kier alpha value is -5.53. The molecule has 0 aliphatic carbocycles. The van der Waals surface area contributed by atoms with Crippen LogP contribution in [0, 0.1) is 0 Å². The van der Waals surface area contributed by atoms with E-state index in [1.54, 1.807) is 6.07 Å². The van der Waals surface area contributed by atoms with Gasteiger partial charge in [-0.15, -0.1) is 0 Å². The molecule has 0 aliphatic heterocycles. The van der Waals surface area contributed by atoms with Crippen molar-refractivity contribution in [1.82, 2.24) is 0 Å². The lowest BCUT2D eigenvalue weighted by Crippen LogP contribution is -2.42. The molecule has 1 radical (unpaired) electrons. The lowest BCUT2D eigenvalue weighted by Gasteiger charge is -2.17. The highest BCUT2D eigenvalue weighted by Gasteiger charge is 2.29. The monoisotopic (exact) mass is 625 g/mol. The molecule has 0 spiro atoms. The third-order valence-corrected chi connectivity index (χ3v) is 9.25. The molecule has 2 heterocycles. The third-order valence-electron chi connectivity index (χ3n) is 9.25. The zero-order chi connectivity index (χ0) is 32.6. The molecule has 0 saturated heterocycles. The Morgan fingerprint density at radius 3 is 1.31 bits per heavy atom. The Morgan fingerprint density at radius 1 is 0.479 bits per heavy atom. The van der Waals surface area contributed by atoms with Crippen LogP contribution in [0.5, 0.6) is 5.75 Å². The van der Waals surface area contributed by atoms with Gasteiger partial charge < -0.3 is 19.7 Å². The van der Waals surface area contributed by atoms with Gasteiger partial charge in [-0.1, -0.05) is 84.9 Å². The molecule has 0 bridgehead atoms. The molecular weight excluding hydrogens is 594 g/mol. The van der Waals surface area contributed by atoms with Crippen LogP contribution >= 0.6 is 0 Å². The molecule has 6 aromatic carbocycles. The summed E-state index contributed by atoms with van der Waals surface area (Å²) in [5.74, 6) is 0.602. The summed E-state index contributed by atoms with van der Waals surface area (Å²) in [5.41, 5.74) is 8.82. The van der Waals surface area contributed by atoms with Crippen LogP contribution in [0.25, 0.3) is 54.7 Å². The van der Waals surface area contributed by atoms with Crippen LogP contribution in [-0.4, -0.2) is 29.9 Å². The second kappa shape index (κ2) is 12.6. The van der Waals surface area contributed by atoms with Crippen molar-refractivity contribution in [3.63, 3.8) is 0 Å². The maximum absolute atomic E-state index is 10.2. The largest absolute Gasteiger partial charge is 0.569 e. The molecule has 8 heteroatoms. The highest BCUT2D eigenvalue weighted by atomic mass is 16.5. The summed E-state index contributed by atoms with van der Waals surface area (Å²) in [6.45, 7) is 1.01. The van der Waals surface area contributed by atoms with Gasteiger partial charge in [-0.25, -0.2) is 0 Å². The van der Waals surface area contributed by atoms with Gasteiger partial charge >= 0.3 is 14.8 Å². The van der Waals surface area contributed by atoms with Gasteiger partial charge in [0.05, 0.1) is 27.1 Å². The maximum atomic E-state index is 10.2. The number of pyridine rings is 2. The van der Waals surface area contributed by atoms with E-state index in [0.29, 0.717) is 24.3 Å².